The molecule has 2 nitrogen and oxygen atoms in total. The standard InChI is InChI=1S/C14H27NO/c1-4-7-13(2,3)15-12-6-10-16-14(11-12)8-5-9-14/h12,15H,4-11H2,1-3H3. The molecule has 1 spiro atoms. The molecule has 0 aromatic heterocycles. The first-order valence-electron chi connectivity index (χ1n) is 6.97. The summed E-state index contributed by atoms with van der Waals surface area (Å²) in [6.45, 7) is 7.89. The van der Waals surface area contributed by atoms with Crippen LogP contribution in [0, 0.1) is 0 Å². The molecular formula is C14H27NO. The quantitative estimate of drug-likeness (QED) is 0.793. The van der Waals surface area contributed by atoms with Gasteiger partial charge in [0.25, 0.3) is 0 Å². The Kier molecular flexibility index (Phi) is 3.60. The van der Waals surface area contributed by atoms with Crippen LogP contribution in [0.1, 0.15) is 65.7 Å². The van der Waals surface area contributed by atoms with Gasteiger partial charge in [0.15, 0.2) is 0 Å². The highest BCUT2D eigenvalue weighted by molar-refractivity contribution is 4.97. The van der Waals surface area contributed by atoms with E-state index in [0.29, 0.717) is 11.6 Å². The minimum absolute atomic E-state index is 0.276. The number of rotatable bonds is 4. The molecule has 1 aliphatic heterocycles. The molecular weight excluding hydrogens is 198 g/mol. The molecule has 1 N–H and O–H groups in total. The predicted octanol–water partition coefficient (Wildman–Crippen LogP) is 3.26. The molecule has 0 radical (unpaired) electrons. The topological polar surface area (TPSA) is 21.3 Å². The highest BCUT2D eigenvalue weighted by Gasteiger charge is 2.43. The Bertz CT molecular complexity index is 233. The van der Waals surface area contributed by atoms with Gasteiger partial charge in [0.2, 0.25) is 0 Å². The Morgan fingerprint density at radius 2 is 2.12 bits per heavy atom. The van der Waals surface area contributed by atoms with E-state index in [2.05, 4.69) is 26.1 Å². The van der Waals surface area contributed by atoms with Crippen LogP contribution in [-0.4, -0.2) is 23.8 Å². The fourth-order valence-electron chi connectivity index (χ4n) is 3.32. The molecule has 1 unspecified atom stereocenters. The van der Waals surface area contributed by atoms with E-state index in [1.54, 1.807) is 0 Å². The van der Waals surface area contributed by atoms with Crippen LogP contribution in [-0.2, 0) is 4.74 Å². The molecule has 2 aliphatic rings. The third-order valence-electron chi connectivity index (χ3n) is 4.23. The van der Waals surface area contributed by atoms with Crippen molar-refractivity contribution in [3.63, 3.8) is 0 Å². The normalized spacial score (nSPS) is 29.1. The molecule has 2 heteroatoms. The van der Waals surface area contributed by atoms with E-state index in [0.717, 1.165) is 6.61 Å². The smallest absolute Gasteiger partial charge is 0.0697 e. The first-order chi connectivity index (χ1) is 7.55. The summed E-state index contributed by atoms with van der Waals surface area (Å²) in [4.78, 5) is 0. The fourth-order valence-corrected chi connectivity index (χ4v) is 3.32. The van der Waals surface area contributed by atoms with Gasteiger partial charge >= 0.3 is 0 Å². The van der Waals surface area contributed by atoms with Gasteiger partial charge in [-0.2, -0.15) is 0 Å². The summed E-state index contributed by atoms with van der Waals surface area (Å²) in [5.74, 6) is 0. The van der Waals surface area contributed by atoms with Gasteiger partial charge in [0.05, 0.1) is 5.60 Å². The summed E-state index contributed by atoms with van der Waals surface area (Å²) in [6, 6.07) is 0.676. The van der Waals surface area contributed by atoms with Crippen LogP contribution >= 0.6 is 0 Å². The van der Waals surface area contributed by atoms with E-state index >= 15 is 0 Å². The summed E-state index contributed by atoms with van der Waals surface area (Å²) < 4.78 is 5.97. The first-order valence-corrected chi connectivity index (χ1v) is 6.97. The van der Waals surface area contributed by atoms with Crippen LogP contribution in [0.3, 0.4) is 0 Å². The average Bonchev–Trinajstić information content (AvgIpc) is 2.14. The van der Waals surface area contributed by atoms with Crippen molar-refractivity contribution in [1.82, 2.24) is 5.32 Å². The lowest BCUT2D eigenvalue weighted by Crippen LogP contribution is -2.55. The second-order valence-corrected chi connectivity index (χ2v) is 6.35. The molecule has 1 saturated carbocycles. The van der Waals surface area contributed by atoms with E-state index < -0.39 is 0 Å². The molecule has 16 heavy (non-hydrogen) atoms. The molecule has 0 bridgehead atoms. The van der Waals surface area contributed by atoms with Crippen LogP contribution in [0.25, 0.3) is 0 Å². The van der Waals surface area contributed by atoms with Gasteiger partial charge in [0.1, 0.15) is 0 Å². The van der Waals surface area contributed by atoms with Crippen LogP contribution < -0.4 is 5.32 Å². The zero-order chi connectivity index (χ0) is 11.6. The van der Waals surface area contributed by atoms with Crippen molar-refractivity contribution in [3.8, 4) is 0 Å². The lowest BCUT2D eigenvalue weighted by Gasteiger charge is -2.48. The van der Waals surface area contributed by atoms with Gasteiger partial charge in [0, 0.05) is 18.2 Å². The number of hydrogen-bond acceptors (Lipinski definition) is 2. The van der Waals surface area contributed by atoms with Crippen molar-refractivity contribution < 1.29 is 4.74 Å². The molecule has 2 rings (SSSR count). The lowest BCUT2D eigenvalue weighted by molar-refractivity contribution is -0.137. The third kappa shape index (κ3) is 2.78. The Morgan fingerprint density at radius 3 is 2.69 bits per heavy atom. The van der Waals surface area contributed by atoms with E-state index in [1.165, 1.54) is 44.9 Å². The number of nitrogens with one attached hydrogen (secondary N) is 1. The Hall–Kier alpha value is -0.0800. The summed E-state index contributed by atoms with van der Waals surface area (Å²) in [5, 5.41) is 3.84. The van der Waals surface area contributed by atoms with Crippen LogP contribution in [0.4, 0.5) is 0 Å². The molecule has 1 atom stereocenters. The van der Waals surface area contributed by atoms with E-state index in [1.807, 2.05) is 0 Å². The summed E-state index contributed by atoms with van der Waals surface area (Å²) in [6.07, 6.45) is 8.89. The summed E-state index contributed by atoms with van der Waals surface area (Å²) in [5.41, 5.74) is 0.569. The minimum Gasteiger partial charge on any atom is -0.375 e. The zero-order valence-electron chi connectivity index (χ0n) is 11.1. The molecule has 1 aliphatic carbocycles. The predicted molar refractivity (Wildman–Crippen MR) is 67.7 cm³/mol. The van der Waals surface area contributed by atoms with Crippen LogP contribution in [0.15, 0.2) is 0 Å². The Morgan fingerprint density at radius 1 is 1.38 bits per heavy atom. The molecule has 0 amide bonds. The Labute approximate surface area is 100 Å². The largest absolute Gasteiger partial charge is 0.375 e. The second kappa shape index (κ2) is 4.66. The van der Waals surface area contributed by atoms with E-state index in [-0.39, 0.29) is 5.60 Å². The van der Waals surface area contributed by atoms with Gasteiger partial charge in [-0.25, -0.2) is 0 Å². The van der Waals surface area contributed by atoms with E-state index in [4.69, 9.17) is 4.74 Å². The molecule has 2 fully saturated rings. The van der Waals surface area contributed by atoms with Gasteiger partial charge in [-0.1, -0.05) is 13.3 Å². The molecule has 0 aromatic rings. The summed E-state index contributed by atoms with van der Waals surface area (Å²) >= 11 is 0. The maximum Gasteiger partial charge on any atom is 0.0697 e. The first kappa shape index (κ1) is 12.4. The van der Waals surface area contributed by atoms with Crippen LogP contribution in [0.2, 0.25) is 0 Å². The van der Waals surface area contributed by atoms with Crippen molar-refractivity contribution in [1.29, 1.82) is 0 Å². The fraction of sp³-hybridized carbons (Fsp3) is 1.00. The highest BCUT2D eigenvalue weighted by Crippen LogP contribution is 2.42. The molecule has 1 saturated heterocycles. The van der Waals surface area contributed by atoms with E-state index in [9.17, 15) is 0 Å². The van der Waals surface area contributed by atoms with Gasteiger partial charge < -0.3 is 10.1 Å². The van der Waals surface area contributed by atoms with Crippen molar-refractivity contribution in [3.05, 3.63) is 0 Å². The van der Waals surface area contributed by atoms with Crippen molar-refractivity contribution >= 4 is 0 Å². The SMILES string of the molecule is CCCC(C)(C)NC1CCOC2(CCC2)C1. The molecule has 1 heterocycles. The van der Waals surface area contributed by atoms with Gasteiger partial charge in [-0.05, 0) is 52.4 Å². The average molecular weight is 225 g/mol. The van der Waals surface area contributed by atoms with Crippen molar-refractivity contribution in [2.75, 3.05) is 6.61 Å². The maximum atomic E-state index is 5.97. The lowest BCUT2D eigenvalue weighted by atomic mass is 9.73. The molecule has 0 aromatic carbocycles. The maximum absolute atomic E-state index is 5.97. The van der Waals surface area contributed by atoms with Crippen molar-refractivity contribution in [2.24, 2.45) is 0 Å². The third-order valence-corrected chi connectivity index (χ3v) is 4.23. The van der Waals surface area contributed by atoms with Crippen LogP contribution in [0.5, 0.6) is 0 Å². The Balaban J connectivity index is 1.85. The second-order valence-electron chi connectivity index (χ2n) is 6.35. The number of ether oxygens (including phenoxy) is 1. The zero-order valence-corrected chi connectivity index (χ0v) is 11.1. The highest BCUT2D eigenvalue weighted by atomic mass is 16.5. The monoisotopic (exact) mass is 225 g/mol. The minimum atomic E-state index is 0.276. The van der Waals surface area contributed by atoms with Gasteiger partial charge in [-0.3, -0.25) is 0 Å². The molecule has 94 valence electrons. The van der Waals surface area contributed by atoms with Crippen molar-refractivity contribution in [2.45, 2.75) is 82.9 Å². The van der Waals surface area contributed by atoms with Gasteiger partial charge in [-0.15, -0.1) is 0 Å². The summed E-state index contributed by atoms with van der Waals surface area (Å²) in [7, 11) is 0. The number of hydrogen-bond donors (Lipinski definition) is 1.